The lowest BCUT2D eigenvalue weighted by molar-refractivity contribution is -0.117. The average molecular weight is 375 g/mol. The smallest absolute Gasteiger partial charge is 0.243 e. The number of hydrogen-bond donors (Lipinski definition) is 0. The Morgan fingerprint density at radius 1 is 1.32 bits per heavy atom. The molecule has 5 nitrogen and oxygen atoms in total. The van der Waals surface area contributed by atoms with E-state index in [0.29, 0.717) is 11.0 Å². The van der Waals surface area contributed by atoms with E-state index in [4.69, 9.17) is 20.8 Å². The SMILES string of the molecule is COc1ccc2cc([C@@H]3S[C@@H](C)C(=O)N3c3ccco3)c(Cl)nc2c1. The van der Waals surface area contributed by atoms with Crippen LogP contribution in [0.4, 0.5) is 5.88 Å². The van der Waals surface area contributed by atoms with Crippen molar-refractivity contribution in [2.75, 3.05) is 12.0 Å². The minimum absolute atomic E-state index is 0.00385. The summed E-state index contributed by atoms with van der Waals surface area (Å²) in [6.45, 7) is 1.89. The number of benzene rings is 1. The van der Waals surface area contributed by atoms with Crippen LogP contribution in [-0.4, -0.2) is 23.3 Å². The largest absolute Gasteiger partial charge is 0.497 e. The second-order valence-corrected chi connectivity index (χ2v) is 7.50. The van der Waals surface area contributed by atoms with Crippen LogP contribution < -0.4 is 9.64 Å². The third-order valence-corrected chi connectivity index (χ3v) is 5.80. The van der Waals surface area contributed by atoms with Crippen molar-refractivity contribution in [2.24, 2.45) is 0 Å². The van der Waals surface area contributed by atoms with Crippen molar-refractivity contribution in [3.05, 3.63) is 53.4 Å². The number of fused-ring (bicyclic) bond motifs is 1. The standard InChI is InChI=1S/C18H15ClN2O3S/c1-10-17(22)21(15-4-3-7-24-15)18(25-10)13-8-11-5-6-12(23-2)9-14(11)20-16(13)19/h3-10,18H,1-2H3/t10-,18-/m0/s1. The van der Waals surface area contributed by atoms with E-state index in [9.17, 15) is 4.79 Å². The van der Waals surface area contributed by atoms with Crippen molar-refractivity contribution in [3.63, 3.8) is 0 Å². The first-order valence-electron chi connectivity index (χ1n) is 7.74. The number of halogens is 1. The van der Waals surface area contributed by atoms with Gasteiger partial charge < -0.3 is 9.15 Å². The first-order valence-corrected chi connectivity index (χ1v) is 9.07. The monoisotopic (exact) mass is 374 g/mol. The molecule has 1 aromatic carbocycles. The molecule has 25 heavy (non-hydrogen) atoms. The van der Waals surface area contributed by atoms with Crippen LogP contribution in [0.3, 0.4) is 0 Å². The van der Waals surface area contributed by atoms with Crippen LogP contribution in [0.5, 0.6) is 5.75 Å². The molecule has 3 heterocycles. The molecule has 7 heteroatoms. The number of methoxy groups -OCH3 is 1. The highest BCUT2D eigenvalue weighted by Crippen LogP contribution is 2.47. The molecule has 1 aliphatic rings. The molecule has 4 rings (SSSR count). The molecule has 0 bridgehead atoms. The molecule has 1 saturated heterocycles. The number of thioether (sulfide) groups is 1. The fraction of sp³-hybridized carbons (Fsp3) is 0.222. The number of ether oxygens (including phenoxy) is 1. The topological polar surface area (TPSA) is 55.6 Å². The number of hydrogen-bond acceptors (Lipinski definition) is 5. The minimum Gasteiger partial charge on any atom is -0.497 e. The van der Waals surface area contributed by atoms with Crippen molar-refractivity contribution in [1.29, 1.82) is 0 Å². The lowest BCUT2D eigenvalue weighted by Crippen LogP contribution is -2.29. The molecular weight excluding hydrogens is 360 g/mol. The van der Waals surface area contributed by atoms with E-state index in [1.807, 2.05) is 31.2 Å². The summed E-state index contributed by atoms with van der Waals surface area (Å²) in [6.07, 6.45) is 1.56. The van der Waals surface area contributed by atoms with Crippen LogP contribution in [0, 0.1) is 0 Å². The Labute approximate surface area is 153 Å². The first-order chi connectivity index (χ1) is 12.1. The Morgan fingerprint density at radius 3 is 2.88 bits per heavy atom. The van der Waals surface area contributed by atoms with Crippen LogP contribution in [0.2, 0.25) is 5.15 Å². The van der Waals surface area contributed by atoms with E-state index in [1.54, 1.807) is 30.4 Å². The predicted octanol–water partition coefficient (Wildman–Crippen LogP) is 4.66. The van der Waals surface area contributed by atoms with E-state index in [-0.39, 0.29) is 16.5 Å². The summed E-state index contributed by atoms with van der Waals surface area (Å²) >= 11 is 8.00. The zero-order valence-corrected chi connectivity index (χ0v) is 15.2. The number of furan rings is 1. The molecule has 0 N–H and O–H groups in total. The van der Waals surface area contributed by atoms with E-state index in [0.717, 1.165) is 22.2 Å². The van der Waals surface area contributed by atoms with Gasteiger partial charge in [0.1, 0.15) is 16.3 Å². The van der Waals surface area contributed by atoms with Crippen LogP contribution in [0.25, 0.3) is 10.9 Å². The van der Waals surface area contributed by atoms with Gasteiger partial charge in [0, 0.05) is 23.1 Å². The van der Waals surface area contributed by atoms with Gasteiger partial charge in [-0.05, 0) is 31.2 Å². The maximum atomic E-state index is 12.6. The summed E-state index contributed by atoms with van der Waals surface area (Å²) in [5.41, 5.74) is 1.54. The Bertz CT molecular complexity index is 945. The number of aromatic nitrogens is 1. The summed E-state index contributed by atoms with van der Waals surface area (Å²) in [5, 5.41) is 0.849. The molecule has 1 amide bonds. The normalized spacial score (nSPS) is 20.4. The van der Waals surface area contributed by atoms with E-state index < -0.39 is 0 Å². The minimum atomic E-state index is -0.278. The summed E-state index contributed by atoms with van der Waals surface area (Å²) in [7, 11) is 1.61. The molecule has 128 valence electrons. The summed E-state index contributed by atoms with van der Waals surface area (Å²) < 4.78 is 10.7. The first kappa shape index (κ1) is 16.3. The number of nitrogens with zero attached hydrogens (tertiary/aromatic N) is 2. The van der Waals surface area contributed by atoms with Gasteiger partial charge in [0.15, 0.2) is 0 Å². The summed E-state index contributed by atoms with van der Waals surface area (Å²) in [6, 6.07) is 11.2. The Kier molecular flexibility index (Phi) is 4.09. The highest BCUT2D eigenvalue weighted by atomic mass is 35.5. The molecule has 0 aliphatic carbocycles. The molecule has 0 radical (unpaired) electrons. The molecule has 2 atom stereocenters. The second kappa shape index (κ2) is 6.28. The van der Waals surface area contributed by atoms with Crippen molar-refractivity contribution in [2.45, 2.75) is 17.5 Å². The Hall–Kier alpha value is -2.18. The highest BCUT2D eigenvalue weighted by Gasteiger charge is 2.42. The Balaban J connectivity index is 1.82. The van der Waals surface area contributed by atoms with Crippen LogP contribution in [0.15, 0.2) is 47.1 Å². The van der Waals surface area contributed by atoms with Gasteiger partial charge in [-0.3, -0.25) is 9.69 Å². The van der Waals surface area contributed by atoms with E-state index >= 15 is 0 Å². The lowest BCUT2D eigenvalue weighted by atomic mass is 10.1. The van der Waals surface area contributed by atoms with Gasteiger partial charge in [-0.1, -0.05) is 11.6 Å². The third kappa shape index (κ3) is 2.75. The van der Waals surface area contributed by atoms with Gasteiger partial charge in [-0.2, -0.15) is 0 Å². The van der Waals surface area contributed by atoms with Gasteiger partial charge in [0.2, 0.25) is 11.8 Å². The molecule has 0 spiro atoms. The average Bonchev–Trinajstić information content (AvgIpc) is 3.22. The molecule has 1 aliphatic heterocycles. The van der Waals surface area contributed by atoms with Gasteiger partial charge in [0.05, 0.1) is 24.1 Å². The third-order valence-electron chi connectivity index (χ3n) is 4.17. The molecular formula is C18H15ClN2O3S. The van der Waals surface area contributed by atoms with Crippen molar-refractivity contribution < 1.29 is 13.9 Å². The number of anilines is 1. The second-order valence-electron chi connectivity index (χ2n) is 5.72. The maximum absolute atomic E-state index is 12.6. The zero-order chi connectivity index (χ0) is 17.6. The van der Waals surface area contributed by atoms with Crippen LogP contribution in [0.1, 0.15) is 17.9 Å². The fourth-order valence-corrected chi connectivity index (χ4v) is 4.49. The Morgan fingerprint density at radius 2 is 2.16 bits per heavy atom. The van der Waals surface area contributed by atoms with Gasteiger partial charge in [-0.25, -0.2) is 4.98 Å². The molecule has 2 aromatic heterocycles. The molecule has 0 saturated carbocycles. The van der Waals surface area contributed by atoms with Crippen LogP contribution in [-0.2, 0) is 4.79 Å². The van der Waals surface area contributed by atoms with Gasteiger partial charge >= 0.3 is 0 Å². The van der Waals surface area contributed by atoms with Crippen LogP contribution >= 0.6 is 23.4 Å². The van der Waals surface area contributed by atoms with Crippen molar-refractivity contribution in [1.82, 2.24) is 4.98 Å². The summed E-state index contributed by atoms with van der Waals surface area (Å²) in [4.78, 5) is 18.8. The fourth-order valence-electron chi connectivity index (χ4n) is 2.91. The molecule has 1 fully saturated rings. The number of amides is 1. The van der Waals surface area contributed by atoms with Crippen molar-refractivity contribution in [3.8, 4) is 5.75 Å². The number of pyridine rings is 1. The number of rotatable bonds is 3. The van der Waals surface area contributed by atoms with E-state index in [1.165, 1.54) is 11.8 Å². The van der Waals surface area contributed by atoms with Gasteiger partial charge in [-0.15, -0.1) is 11.8 Å². The predicted molar refractivity (Wildman–Crippen MR) is 99.3 cm³/mol. The lowest BCUT2D eigenvalue weighted by Gasteiger charge is -2.22. The summed E-state index contributed by atoms with van der Waals surface area (Å²) in [5.74, 6) is 1.23. The quantitative estimate of drug-likeness (QED) is 0.624. The molecule has 0 unspecified atom stereocenters. The number of carbonyl (C=O) groups excluding carboxylic acids is 1. The highest BCUT2D eigenvalue weighted by molar-refractivity contribution is 8.01. The van der Waals surface area contributed by atoms with Gasteiger partial charge in [0.25, 0.3) is 0 Å². The zero-order valence-electron chi connectivity index (χ0n) is 13.6. The van der Waals surface area contributed by atoms with E-state index in [2.05, 4.69) is 4.98 Å². The molecule has 3 aromatic rings. The van der Waals surface area contributed by atoms with Crippen molar-refractivity contribution >= 4 is 46.1 Å². The maximum Gasteiger partial charge on any atom is 0.243 e. The number of carbonyl (C=O) groups is 1.